The summed E-state index contributed by atoms with van der Waals surface area (Å²) < 4.78 is 6.96. The fraction of sp³-hybridized carbons (Fsp3) is 0.606. The molecule has 3 rings (SSSR count). The predicted octanol–water partition coefficient (Wildman–Crippen LogP) is 8.67. The molecule has 2 heterocycles. The van der Waals surface area contributed by atoms with Gasteiger partial charge in [0.2, 0.25) is 0 Å². The summed E-state index contributed by atoms with van der Waals surface area (Å²) in [4.78, 5) is 16.8. The number of nitrogens with zero attached hydrogens (tertiary/aromatic N) is 3. The van der Waals surface area contributed by atoms with Gasteiger partial charge in [-0.3, -0.25) is 9.20 Å². The highest BCUT2D eigenvalue weighted by atomic mass is 16.5. The molecule has 1 aromatic carbocycles. The maximum Gasteiger partial charge on any atom is 0.305 e. The van der Waals surface area contributed by atoms with E-state index in [1.165, 1.54) is 90.6 Å². The Morgan fingerprint density at radius 2 is 1.54 bits per heavy atom. The first-order valence-electron chi connectivity index (χ1n) is 15.3. The number of para-hydroxylation sites is 2. The van der Waals surface area contributed by atoms with E-state index in [2.05, 4.69) is 22.7 Å². The number of aromatic nitrogens is 2. The molecular formula is C33H48N4O2. The van der Waals surface area contributed by atoms with Crippen LogP contribution in [0.4, 0.5) is 5.82 Å². The van der Waals surface area contributed by atoms with E-state index < -0.39 is 0 Å². The van der Waals surface area contributed by atoms with E-state index in [9.17, 15) is 10.1 Å². The van der Waals surface area contributed by atoms with Crippen molar-refractivity contribution >= 4 is 28.5 Å². The topological polar surface area (TPSA) is 79.4 Å². The number of rotatable bonds is 19. The highest BCUT2D eigenvalue weighted by Gasteiger charge is 2.21. The Labute approximate surface area is 235 Å². The summed E-state index contributed by atoms with van der Waals surface area (Å²) in [5, 5.41) is 13.7. The Hall–Kier alpha value is -3.07. The lowest BCUT2D eigenvalue weighted by Crippen LogP contribution is -2.13. The van der Waals surface area contributed by atoms with E-state index in [0.717, 1.165) is 40.9 Å². The predicted molar refractivity (Wildman–Crippen MR) is 161 cm³/mol. The number of pyridine rings is 1. The summed E-state index contributed by atoms with van der Waals surface area (Å²) in [6.07, 6.45) is 19.5. The van der Waals surface area contributed by atoms with Gasteiger partial charge in [-0.1, -0.05) is 103 Å². The Bertz CT molecular complexity index is 1220. The SMILES string of the molecule is CCCCCCCCCCCCCCCCNc1c(CCC(=O)OC)c(C)c(C#N)c2nc3ccccc3n12. The number of fused-ring (bicyclic) bond motifs is 3. The lowest BCUT2D eigenvalue weighted by Gasteiger charge is -2.19. The van der Waals surface area contributed by atoms with E-state index in [-0.39, 0.29) is 12.4 Å². The molecule has 0 bridgehead atoms. The molecule has 0 unspecified atom stereocenters. The van der Waals surface area contributed by atoms with E-state index in [4.69, 9.17) is 9.72 Å². The molecule has 1 N–H and O–H groups in total. The number of imidazole rings is 1. The molecule has 0 aliphatic carbocycles. The fourth-order valence-electron chi connectivity index (χ4n) is 5.53. The molecule has 0 atom stereocenters. The number of ether oxygens (including phenoxy) is 1. The van der Waals surface area contributed by atoms with Crippen LogP contribution in [0.1, 0.15) is 120 Å². The van der Waals surface area contributed by atoms with E-state index in [1.54, 1.807) is 0 Å². The van der Waals surface area contributed by atoms with Gasteiger partial charge in [-0.2, -0.15) is 5.26 Å². The fourth-order valence-corrected chi connectivity index (χ4v) is 5.53. The van der Waals surface area contributed by atoms with Crippen molar-refractivity contribution in [1.29, 1.82) is 5.26 Å². The molecule has 6 heteroatoms. The van der Waals surface area contributed by atoms with E-state index >= 15 is 0 Å². The van der Waals surface area contributed by atoms with Crippen molar-refractivity contribution in [1.82, 2.24) is 9.38 Å². The molecule has 0 radical (unpaired) electrons. The molecule has 3 aromatic rings. The number of hydrogen-bond acceptors (Lipinski definition) is 5. The number of hydrogen-bond donors (Lipinski definition) is 1. The Balaban J connectivity index is 1.54. The molecule has 2 aromatic heterocycles. The third-order valence-electron chi connectivity index (χ3n) is 7.86. The van der Waals surface area contributed by atoms with Crippen LogP contribution in [0.2, 0.25) is 0 Å². The van der Waals surface area contributed by atoms with Gasteiger partial charge in [-0.15, -0.1) is 0 Å². The lowest BCUT2D eigenvalue weighted by molar-refractivity contribution is -0.140. The first-order valence-corrected chi connectivity index (χ1v) is 15.3. The highest BCUT2D eigenvalue weighted by Crippen LogP contribution is 2.32. The summed E-state index contributed by atoms with van der Waals surface area (Å²) in [6, 6.07) is 10.3. The molecule has 39 heavy (non-hydrogen) atoms. The number of esters is 1. The van der Waals surface area contributed by atoms with Gasteiger partial charge in [-0.05, 0) is 43.0 Å². The number of benzene rings is 1. The smallest absolute Gasteiger partial charge is 0.305 e. The van der Waals surface area contributed by atoms with Crippen LogP contribution < -0.4 is 5.32 Å². The highest BCUT2D eigenvalue weighted by molar-refractivity contribution is 5.86. The maximum atomic E-state index is 12.0. The third kappa shape index (κ3) is 8.71. The van der Waals surface area contributed by atoms with Crippen LogP contribution in [0.25, 0.3) is 16.7 Å². The van der Waals surface area contributed by atoms with E-state index in [0.29, 0.717) is 17.6 Å². The maximum absolute atomic E-state index is 12.0. The van der Waals surface area contributed by atoms with Gasteiger partial charge in [0.1, 0.15) is 11.9 Å². The second-order valence-electron chi connectivity index (χ2n) is 10.8. The summed E-state index contributed by atoms with van der Waals surface area (Å²) in [5.41, 5.74) is 4.92. The zero-order chi connectivity index (χ0) is 27.9. The molecule has 0 saturated heterocycles. The number of unbranched alkanes of at least 4 members (excludes halogenated alkanes) is 13. The Morgan fingerprint density at radius 1 is 0.949 bits per heavy atom. The molecular weight excluding hydrogens is 484 g/mol. The van der Waals surface area contributed by atoms with Crippen molar-refractivity contribution in [3.63, 3.8) is 0 Å². The summed E-state index contributed by atoms with van der Waals surface area (Å²) in [6.45, 7) is 5.08. The van der Waals surface area contributed by atoms with Gasteiger partial charge in [0.15, 0.2) is 5.65 Å². The molecule has 0 saturated carbocycles. The number of carbonyl (C=O) groups excluding carboxylic acids is 1. The first-order chi connectivity index (χ1) is 19.1. The summed E-state index contributed by atoms with van der Waals surface area (Å²) in [5.74, 6) is 0.690. The number of anilines is 1. The second kappa shape index (κ2) is 16.8. The number of nitriles is 1. The molecule has 0 aliphatic heterocycles. The van der Waals surface area contributed by atoms with Gasteiger partial charge in [0.05, 0.1) is 23.7 Å². The summed E-state index contributed by atoms with van der Waals surface area (Å²) >= 11 is 0. The van der Waals surface area contributed by atoms with Crippen molar-refractivity contribution in [2.24, 2.45) is 0 Å². The van der Waals surface area contributed by atoms with Crippen LogP contribution in [0.5, 0.6) is 0 Å². The largest absolute Gasteiger partial charge is 0.469 e. The molecule has 212 valence electrons. The number of methoxy groups -OCH3 is 1. The third-order valence-corrected chi connectivity index (χ3v) is 7.86. The minimum Gasteiger partial charge on any atom is -0.469 e. The number of nitrogens with one attached hydrogen (secondary N) is 1. The van der Waals surface area contributed by atoms with Gasteiger partial charge < -0.3 is 10.1 Å². The zero-order valence-corrected chi connectivity index (χ0v) is 24.5. The second-order valence-corrected chi connectivity index (χ2v) is 10.8. The minimum atomic E-state index is -0.249. The van der Waals surface area contributed by atoms with Crippen LogP contribution in [-0.2, 0) is 16.0 Å². The van der Waals surface area contributed by atoms with Gasteiger partial charge in [0.25, 0.3) is 0 Å². The van der Waals surface area contributed by atoms with Crippen molar-refractivity contribution in [3.05, 3.63) is 41.0 Å². The van der Waals surface area contributed by atoms with E-state index in [1.807, 2.05) is 31.2 Å². The van der Waals surface area contributed by atoms with Gasteiger partial charge >= 0.3 is 5.97 Å². The quantitative estimate of drug-likeness (QED) is 0.123. The van der Waals surface area contributed by atoms with Crippen molar-refractivity contribution in [3.8, 4) is 6.07 Å². The first kappa shape index (κ1) is 30.5. The van der Waals surface area contributed by atoms with Crippen molar-refractivity contribution < 1.29 is 9.53 Å². The normalized spacial score (nSPS) is 11.2. The van der Waals surface area contributed by atoms with Crippen LogP contribution in [0.3, 0.4) is 0 Å². The monoisotopic (exact) mass is 532 g/mol. The van der Waals surface area contributed by atoms with Crippen LogP contribution in [0.15, 0.2) is 24.3 Å². The van der Waals surface area contributed by atoms with Gasteiger partial charge in [-0.25, -0.2) is 4.98 Å². The molecule has 0 aliphatic rings. The number of carbonyl (C=O) groups is 1. The van der Waals surface area contributed by atoms with Crippen LogP contribution in [-0.4, -0.2) is 29.0 Å². The van der Waals surface area contributed by atoms with Crippen molar-refractivity contribution in [2.45, 2.75) is 117 Å². The molecule has 0 spiro atoms. The van der Waals surface area contributed by atoms with Crippen molar-refractivity contribution in [2.75, 3.05) is 19.0 Å². The Kier molecular flexibility index (Phi) is 13.1. The molecule has 0 fully saturated rings. The summed E-state index contributed by atoms with van der Waals surface area (Å²) in [7, 11) is 1.41. The average Bonchev–Trinajstić information content (AvgIpc) is 3.33. The van der Waals surface area contributed by atoms with Gasteiger partial charge in [0, 0.05) is 13.0 Å². The Morgan fingerprint density at radius 3 is 2.13 bits per heavy atom. The lowest BCUT2D eigenvalue weighted by atomic mass is 10.00. The van der Waals surface area contributed by atoms with Crippen LogP contribution in [0, 0.1) is 18.3 Å². The van der Waals surface area contributed by atoms with Crippen LogP contribution >= 0.6 is 0 Å². The molecule has 6 nitrogen and oxygen atoms in total. The standard InChI is InChI=1S/C33H48N4O2/c1-4-5-6-7-8-9-10-11-12-13-14-15-16-19-24-35-32-27(22-23-31(38)39-3)26(2)28(25-34)33-36-29-20-17-18-21-30(29)37(32)33/h17-18,20-21,35H,4-16,19,22-24H2,1-3H3. The zero-order valence-electron chi connectivity index (χ0n) is 24.5. The minimum absolute atomic E-state index is 0.249. The molecule has 0 amide bonds. The average molecular weight is 533 g/mol.